The third-order valence-corrected chi connectivity index (χ3v) is 5.61. The Labute approximate surface area is 211 Å². The Morgan fingerprint density at radius 3 is 2.62 bits per heavy atom. The van der Waals surface area contributed by atoms with Crippen molar-refractivity contribution in [1.82, 2.24) is 10.3 Å². The summed E-state index contributed by atoms with van der Waals surface area (Å²) in [6.07, 6.45) is -0.279. The molecule has 0 radical (unpaired) electrons. The van der Waals surface area contributed by atoms with Crippen LogP contribution >= 0.6 is 0 Å². The molecule has 1 aliphatic rings. The van der Waals surface area contributed by atoms with Crippen LogP contribution in [-0.4, -0.2) is 49.0 Å². The lowest BCUT2D eigenvalue weighted by molar-refractivity contribution is -0.286. The van der Waals surface area contributed by atoms with E-state index < -0.39 is 18.1 Å². The number of fused-ring (bicyclic) bond motifs is 1. The minimum absolute atomic E-state index is 0.134. The van der Waals surface area contributed by atoms with Crippen LogP contribution in [0.1, 0.15) is 28.4 Å². The smallest absolute Gasteiger partial charge is 0.496 e. The number of hydrogen-bond donors (Lipinski definition) is 2. The Bertz CT molecular complexity index is 1330. The maximum atomic E-state index is 13.3. The van der Waals surface area contributed by atoms with Crippen LogP contribution in [0, 0.1) is 5.41 Å². The Balaban J connectivity index is 1.49. The van der Waals surface area contributed by atoms with Gasteiger partial charge >= 0.3 is 6.29 Å². The van der Waals surface area contributed by atoms with Gasteiger partial charge in [0.1, 0.15) is 5.75 Å². The number of carbonyl (C=O) groups is 2. The summed E-state index contributed by atoms with van der Waals surface area (Å²) in [5.74, 6) is -1.02. The van der Waals surface area contributed by atoms with Crippen LogP contribution in [0.4, 0.5) is 14.5 Å². The summed E-state index contributed by atoms with van der Waals surface area (Å²) in [5.41, 5.74) is 1.73. The van der Waals surface area contributed by atoms with Crippen molar-refractivity contribution in [2.75, 3.05) is 25.1 Å². The van der Waals surface area contributed by atoms with Gasteiger partial charge in [-0.2, -0.15) is 0 Å². The van der Waals surface area contributed by atoms with E-state index in [1.165, 1.54) is 30.2 Å². The highest BCUT2D eigenvalue weighted by molar-refractivity contribution is 6.12. The van der Waals surface area contributed by atoms with E-state index in [1.54, 1.807) is 43.6 Å². The lowest BCUT2D eigenvalue weighted by Gasteiger charge is -2.22. The number of methoxy groups -OCH3 is 1. The second kappa shape index (κ2) is 10.6. The van der Waals surface area contributed by atoms with Crippen molar-refractivity contribution in [3.8, 4) is 17.2 Å². The van der Waals surface area contributed by atoms with E-state index in [1.807, 2.05) is 6.07 Å². The fraction of sp³-hybridized carbons (Fsp3) is 0.231. The summed E-state index contributed by atoms with van der Waals surface area (Å²) in [6.45, 7) is 1.55. The normalized spacial score (nSPS) is 13.1. The Morgan fingerprint density at radius 1 is 1.14 bits per heavy atom. The monoisotopic (exact) mass is 510 g/mol. The molecule has 0 saturated carbocycles. The number of anilines is 1. The molecular weight excluding hydrogens is 486 g/mol. The van der Waals surface area contributed by atoms with Crippen molar-refractivity contribution in [2.24, 2.45) is 0 Å². The van der Waals surface area contributed by atoms with Gasteiger partial charge in [0.2, 0.25) is 5.91 Å². The zero-order chi connectivity index (χ0) is 26.6. The molecule has 2 aromatic carbocycles. The van der Waals surface area contributed by atoms with E-state index in [2.05, 4.69) is 19.8 Å². The molecule has 4 rings (SSSR count). The molecule has 37 heavy (non-hydrogen) atoms. The largest absolute Gasteiger partial charge is 0.586 e. The average Bonchev–Trinajstić information content (AvgIpc) is 3.20. The SMILES string of the molecule is CCN(C(=O)CNC(=O)c1cccc(OC)c1C(=N)Cc1cccnc1)c1ccc2c(c1)OC(F)(F)O2. The number of rotatable bonds is 9. The van der Waals surface area contributed by atoms with Crippen molar-refractivity contribution in [2.45, 2.75) is 19.6 Å². The first-order chi connectivity index (χ1) is 17.7. The molecule has 0 bridgehead atoms. The van der Waals surface area contributed by atoms with Gasteiger partial charge in [0.25, 0.3) is 5.91 Å². The number of alkyl halides is 2. The van der Waals surface area contributed by atoms with Crippen LogP contribution in [0.15, 0.2) is 60.9 Å². The van der Waals surface area contributed by atoms with E-state index in [9.17, 15) is 18.4 Å². The number of likely N-dealkylation sites (N-methyl/N-ethyl adjacent to an activating group) is 1. The number of hydrogen-bond acceptors (Lipinski definition) is 7. The molecule has 0 aliphatic carbocycles. The fourth-order valence-electron chi connectivity index (χ4n) is 3.95. The lowest BCUT2D eigenvalue weighted by atomic mass is 9.96. The zero-order valence-electron chi connectivity index (χ0n) is 20.1. The van der Waals surface area contributed by atoms with E-state index >= 15 is 0 Å². The van der Waals surface area contributed by atoms with Gasteiger partial charge in [0.15, 0.2) is 11.5 Å². The van der Waals surface area contributed by atoms with Gasteiger partial charge in [-0.1, -0.05) is 12.1 Å². The zero-order valence-corrected chi connectivity index (χ0v) is 20.1. The van der Waals surface area contributed by atoms with E-state index in [-0.39, 0.29) is 42.3 Å². The summed E-state index contributed by atoms with van der Waals surface area (Å²) < 4.78 is 40.9. The summed E-state index contributed by atoms with van der Waals surface area (Å²) in [5, 5.41) is 11.2. The van der Waals surface area contributed by atoms with Crippen LogP contribution < -0.4 is 24.4 Å². The van der Waals surface area contributed by atoms with Crippen molar-refractivity contribution >= 4 is 23.2 Å². The summed E-state index contributed by atoms with van der Waals surface area (Å²) in [7, 11) is 1.45. The number of benzene rings is 2. The second-order valence-corrected chi connectivity index (χ2v) is 8.02. The first-order valence-corrected chi connectivity index (χ1v) is 11.3. The minimum Gasteiger partial charge on any atom is -0.496 e. The number of ether oxygens (including phenoxy) is 3. The number of nitrogens with one attached hydrogen (secondary N) is 2. The number of nitrogens with zero attached hydrogens (tertiary/aromatic N) is 2. The van der Waals surface area contributed by atoms with E-state index in [4.69, 9.17) is 10.1 Å². The molecule has 11 heteroatoms. The topological polar surface area (TPSA) is 114 Å². The minimum atomic E-state index is -3.77. The van der Waals surface area contributed by atoms with Crippen molar-refractivity contribution < 1.29 is 32.6 Å². The Kier molecular flexibility index (Phi) is 7.32. The Hall–Kier alpha value is -4.54. The highest BCUT2D eigenvalue weighted by Crippen LogP contribution is 2.42. The third kappa shape index (κ3) is 5.66. The van der Waals surface area contributed by atoms with Gasteiger partial charge in [-0.15, -0.1) is 8.78 Å². The maximum absolute atomic E-state index is 13.3. The molecule has 0 spiro atoms. The van der Waals surface area contributed by atoms with Gasteiger partial charge in [-0.05, 0) is 42.8 Å². The van der Waals surface area contributed by atoms with Crippen LogP contribution in [0.2, 0.25) is 0 Å². The molecule has 2 heterocycles. The Morgan fingerprint density at radius 2 is 1.92 bits per heavy atom. The molecule has 192 valence electrons. The molecule has 0 saturated heterocycles. The molecular formula is C26H24F2N4O5. The summed E-state index contributed by atoms with van der Waals surface area (Å²) in [4.78, 5) is 31.4. The fourth-order valence-corrected chi connectivity index (χ4v) is 3.95. The summed E-state index contributed by atoms with van der Waals surface area (Å²) >= 11 is 0. The van der Waals surface area contributed by atoms with Crippen LogP contribution in [0.25, 0.3) is 0 Å². The maximum Gasteiger partial charge on any atom is 0.586 e. The molecule has 3 aromatic rings. The second-order valence-electron chi connectivity index (χ2n) is 8.02. The first kappa shape index (κ1) is 25.5. The molecule has 1 aromatic heterocycles. The predicted molar refractivity (Wildman–Crippen MR) is 131 cm³/mol. The van der Waals surface area contributed by atoms with E-state index in [0.717, 1.165) is 5.56 Å². The standard InChI is InChI=1S/C26H24F2N4O5/c1-3-32(17-9-10-20-22(13-17)37-26(27,28)36-20)23(33)15-31-25(34)18-7-4-8-21(35-2)24(18)19(29)12-16-6-5-11-30-14-16/h4-11,13-14,29H,3,12,15H2,1-2H3,(H,31,34). The lowest BCUT2D eigenvalue weighted by Crippen LogP contribution is -2.40. The number of aromatic nitrogens is 1. The number of pyridine rings is 1. The molecule has 1 aliphatic heterocycles. The molecule has 2 N–H and O–H groups in total. The third-order valence-electron chi connectivity index (χ3n) is 5.61. The average molecular weight is 510 g/mol. The molecule has 9 nitrogen and oxygen atoms in total. The molecule has 0 atom stereocenters. The predicted octanol–water partition coefficient (Wildman–Crippen LogP) is 3.81. The highest BCUT2D eigenvalue weighted by Gasteiger charge is 2.43. The van der Waals surface area contributed by atoms with Gasteiger partial charge in [-0.25, -0.2) is 0 Å². The van der Waals surface area contributed by atoms with Crippen LogP contribution in [-0.2, 0) is 11.2 Å². The van der Waals surface area contributed by atoms with Crippen LogP contribution in [0.3, 0.4) is 0 Å². The number of amides is 2. The van der Waals surface area contributed by atoms with Crippen molar-refractivity contribution in [3.05, 3.63) is 77.6 Å². The number of halogens is 2. The summed E-state index contributed by atoms with van der Waals surface area (Å²) in [6, 6.07) is 12.4. The van der Waals surface area contributed by atoms with Crippen molar-refractivity contribution in [1.29, 1.82) is 5.41 Å². The molecule has 0 unspecified atom stereocenters. The highest BCUT2D eigenvalue weighted by atomic mass is 19.3. The van der Waals surface area contributed by atoms with Gasteiger partial charge < -0.3 is 29.8 Å². The van der Waals surface area contributed by atoms with E-state index in [0.29, 0.717) is 17.0 Å². The first-order valence-electron chi connectivity index (χ1n) is 11.3. The molecule has 2 amide bonds. The number of carbonyl (C=O) groups excluding carboxylic acids is 2. The van der Waals surface area contributed by atoms with Crippen molar-refractivity contribution in [3.63, 3.8) is 0 Å². The molecule has 0 fully saturated rings. The van der Waals surface area contributed by atoms with Gasteiger partial charge in [0.05, 0.1) is 24.8 Å². The quantitative estimate of drug-likeness (QED) is 0.424. The van der Waals surface area contributed by atoms with Gasteiger partial charge in [0, 0.05) is 42.8 Å². The van der Waals surface area contributed by atoms with Crippen LogP contribution in [0.5, 0.6) is 17.2 Å². The van der Waals surface area contributed by atoms with Gasteiger partial charge in [-0.3, -0.25) is 14.6 Å².